The molecule has 0 saturated carbocycles. The van der Waals surface area contributed by atoms with E-state index in [0.717, 1.165) is 6.42 Å². The number of hydrogen-bond donors (Lipinski definition) is 1. The van der Waals surface area contributed by atoms with E-state index < -0.39 is 5.97 Å². The molecule has 2 heterocycles. The fourth-order valence-electron chi connectivity index (χ4n) is 2.10. The Morgan fingerprint density at radius 2 is 2.18 bits per heavy atom. The summed E-state index contributed by atoms with van der Waals surface area (Å²) in [7, 11) is 1.85. The van der Waals surface area contributed by atoms with Gasteiger partial charge in [0.15, 0.2) is 5.82 Å². The lowest BCUT2D eigenvalue weighted by atomic mass is 10.1. The average Bonchev–Trinajstić information content (AvgIpc) is 2.85. The second-order valence-electron chi connectivity index (χ2n) is 5.68. The molecular weight excluding hydrogens is 284 g/mol. The first kappa shape index (κ1) is 16.1. The van der Waals surface area contributed by atoms with E-state index >= 15 is 0 Å². The lowest BCUT2D eigenvalue weighted by Crippen LogP contribution is -2.20. The fraction of sp³-hybridized carbons (Fsp3) is 0.467. The number of hydrogen-bond acceptors (Lipinski definition) is 6. The maximum Gasteiger partial charge on any atom is 0.337 e. The van der Waals surface area contributed by atoms with Crippen LogP contribution in [0, 0.1) is 5.92 Å². The summed E-state index contributed by atoms with van der Waals surface area (Å²) in [4.78, 5) is 21.5. The molecule has 0 aromatic carbocycles. The largest absolute Gasteiger partial charge is 0.478 e. The molecule has 0 aliphatic carbocycles. The minimum atomic E-state index is -0.978. The van der Waals surface area contributed by atoms with Gasteiger partial charge in [0.2, 0.25) is 5.89 Å². The van der Waals surface area contributed by atoms with Gasteiger partial charge in [0.05, 0.1) is 17.8 Å². The standard InChI is InChI=1S/C15H20N4O3/c1-10(2)7-13-17-14(22-18-13)9-19(3)8-12-11(15(20)21)5-4-6-16-12/h4-6,10H,7-9H2,1-3H3,(H,20,21). The van der Waals surface area contributed by atoms with E-state index in [4.69, 9.17) is 9.63 Å². The van der Waals surface area contributed by atoms with Crippen molar-refractivity contribution in [3.63, 3.8) is 0 Å². The number of carbonyl (C=O) groups is 1. The van der Waals surface area contributed by atoms with Crippen LogP contribution in [-0.4, -0.2) is 38.1 Å². The lowest BCUT2D eigenvalue weighted by Gasteiger charge is -2.14. The molecule has 0 fully saturated rings. The van der Waals surface area contributed by atoms with Crippen molar-refractivity contribution in [3.8, 4) is 0 Å². The summed E-state index contributed by atoms with van der Waals surface area (Å²) in [6.45, 7) is 5.03. The van der Waals surface area contributed by atoms with Crippen molar-refractivity contribution in [1.82, 2.24) is 20.0 Å². The molecule has 0 radical (unpaired) electrons. The summed E-state index contributed by atoms with van der Waals surface area (Å²) in [5.41, 5.74) is 0.722. The van der Waals surface area contributed by atoms with Crippen molar-refractivity contribution in [2.24, 2.45) is 5.92 Å². The van der Waals surface area contributed by atoms with Gasteiger partial charge in [-0.1, -0.05) is 19.0 Å². The van der Waals surface area contributed by atoms with Crippen molar-refractivity contribution in [2.45, 2.75) is 33.4 Å². The Hall–Kier alpha value is -2.28. The molecule has 2 aromatic rings. The van der Waals surface area contributed by atoms with E-state index in [2.05, 4.69) is 29.0 Å². The fourth-order valence-corrected chi connectivity index (χ4v) is 2.10. The molecule has 118 valence electrons. The highest BCUT2D eigenvalue weighted by Gasteiger charge is 2.15. The molecule has 7 nitrogen and oxygen atoms in total. The summed E-state index contributed by atoms with van der Waals surface area (Å²) in [5, 5.41) is 13.1. The minimum Gasteiger partial charge on any atom is -0.478 e. The van der Waals surface area contributed by atoms with Crippen molar-refractivity contribution in [3.05, 3.63) is 41.3 Å². The van der Waals surface area contributed by atoms with Crippen LogP contribution in [0.3, 0.4) is 0 Å². The lowest BCUT2D eigenvalue weighted by molar-refractivity contribution is 0.0694. The number of aromatic nitrogens is 3. The highest BCUT2D eigenvalue weighted by atomic mass is 16.5. The molecular formula is C15H20N4O3. The molecule has 22 heavy (non-hydrogen) atoms. The van der Waals surface area contributed by atoms with Crippen LogP contribution in [0.2, 0.25) is 0 Å². The molecule has 0 spiro atoms. The van der Waals surface area contributed by atoms with Crippen LogP contribution < -0.4 is 0 Å². The van der Waals surface area contributed by atoms with Gasteiger partial charge < -0.3 is 9.63 Å². The van der Waals surface area contributed by atoms with Gasteiger partial charge in [-0.2, -0.15) is 4.98 Å². The maximum absolute atomic E-state index is 11.2. The molecule has 0 unspecified atom stereocenters. The van der Waals surface area contributed by atoms with E-state index in [-0.39, 0.29) is 5.56 Å². The molecule has 2 aromatic heterocycles. The topological polar surface area (TPSA) is 92.4 Å². The number of carboxylic acid groups (broad SMARTS) is 1. The van der Waals surface area contributed by atoms with Crippen molar-refractivity contribution in [1.29, 1.82) is 0 Å². The minimum absolute atomic E-state index is 0.209. The van der Waals surface area contributed by atoms with Gasteiger partial charge in [0.25, 0.3) is 0 Å². The normalized spacial score (nSPS) is 11.3. The van der Waals surface area contributed by atoms with Crippen LogP contribution in [0.25, 0.3) is 0 Å². The first-order valence-corrected chi connectivity index (χ1v) is 7.13. The second kappa shape index (κ2) is 7.13. The summed E-state index contributed by atoms with van der Waals surface area (Å²) in [6, 6.07) is 3.16. The molecule has 0 saturated heterocycles. The third-order valence-corrected chi connectivity index (χ3v) is 3.05. The predicted molar refractivity (Wildman–Crippen MR) is 79.2 cm³/mol. The monoisotopic (exact) mass is 304 g/mol. The molecule has 0 bridgehead atoms. The maximum atomic E-state index is 11.2. The molecule has 0 aliphatic heterocycles. The van der Waals surface area contributed by atoms with Crippen molar-refractivity contribution < 1.29 is 14.4 Å². The molecule has 0 aliphatic rings. The van der Waals surface area contributed by atoms with Crippen LogP contribution in [0.1, 0.15) is 41.6 Å². The summed E-state index contributed by atoms with van der Waals surface area (Å²) < 4.78 is 5.21. The van der Waals surface area contributed by atoms with Crippen LogP contribution in [0.5, 0.6) is 0 Å². The zero-order chi connectivity index (χ0) is 16.1. The number of rotatable bonds is 7. The summed E-state index contributed by atoms with van der Waals surface area (Å²) >= 11 is 0. The second-order valence-corrected chi connectivity index (χ2v) is 5.68. The quantitative estimate of drug-likeness (QED) is 0.836. The number of carboxylic acids is 1. The third-order valence-electron chi connectivity index (χ3n) is 3.05. The van der Waals surface area contributed by atoms with E-state index in [1.807, 2.05) is 11.9 Å². The number of pyridine rings is 1. The van der Waals surface area contributed by atoms with Crippen molar-refractivity contribution in [2.75, 3.05) is 7.05 Å². The Morgan fingerprint density at radius 1 is 1.41 bits per heavy atom. The van der Waals surface area contributed by atoms with Gasteiger partial charge in [-0.15, -0.1) is 0 Å². The van der Waals surface area contributed by atoms with E-state index in [1.165, 1.54) is 0 Å². The molecule has 0 amide bonds. The Labute approximate surface area is 129 Å². The van der Waals surface area contributed by atoms with E-state index in [1.54, 1.807) is 18.3 Å². The number of nitrogens with zero attached hydrogens (tertiary/aromatic N) is 4. The predicted octanol–water partition coefficient (Wildman–Crippen LogP) is 1.99. The highest BCUT2D eigenvalue weighted by Crippen LogP contribution is 2.11. The third kappa shape index (κ3) is 4.36. The molecule has 2 rings (SSSR count). The average molecular weight is 304 g/mol. The van der Waals surface area contributed by atoms with Gasteiger partial charge in [0, 0.05) is 19.2 Å². The summed E-state index contributed by atoms with van der Waals surface area (Å²) in [5.74, 6) is 0.705. The Bertz CT molecular complexity index is 639. The Kier molecular flexibility index (Phi) is 5.21. The first-order chi connectivity index (χ1) is 10.5. The zero-order valence-electron chi connectivity index (χ0n) is 13.0. The van der Waals surface area contributed by atoms with Crippen LogP contribution >= 0.6 is 0 Å². The van der Waals surface area contributed by atoms with Crippen molar-refractivity contribution >= 4 is 5.97 Å². The van der Waals surface area contributed by atoms with Crippen LogP contribution in [0.15, 0.2) is 22.9 Å². The van der Waals surface area contributed by atoms with E-state index in [0.29, 0.717) is 36.4 Å². The zero-order valence-corrected chi connectivity index (χ0v) is 13.0. The Morgan fingerprint density at radius 3 is 2.86 bits per heavy atom. The summed E-state index contributed by atoms with van der Waals surface area (Å²) in [6.07, 6.45) is 2.36. The van der Waals surface area contributed by atoms with Crippen LogP contribution in [-0.2, 0) is 19.5 Å². The number of aromatic carboxylic acids is 1. The van der Waals surface area contributed by atoms with E-state index in [9.17, 15) is 4.79 Å². The van der Waals surface area contributed by atoms with Gasteiger partial charge in [-0.25, -0.2) is 4.79 Å². The van der Waals surface area contributed by atoms with Gasteiger partial charge in [0.1, 0.15) is 0 Å². The van der Waals surface area contributed by atoms with Gasteiger partial charge in [-0.05, 0) is 25.1 Å². The molecule has 0 atom stereocenters. The van der Waals surface area contributed by atoms with Crippen LogP contribution in [0.4, 0.5) is 0 Å². The molecule has 1 N–H and O–H groups in total. The molecule has 7 heteroatoms. The highest BCUT2D eigenvalue weighted by molar-refractivity contribution is 5.88. The SMILES string of the molecule is CC(C)Cc1noc(CN(C)Cc2ncccc2C(=O)O)n1. The smallest absolute Gasteiger partial charge is 0.337 e. The Balaban J connectivity index is 2.00. The van der Waals surface area contributed by atoms with Gasteiger partial charge in [-0.3, -0.25) is 9.88 Å². The van der Waals surface area contributed by atoms with Gasteiger partial charge >= 0.3 is 5.97 Å². The first-order valence-electron chi connectivity index (χ1n) is 7.13.